The van der Waals surface area contributed by atoms with Crippen molar-refractivity contribution in [3.63, 3.8) is 0 Å². The van der Waals surface area contributed by atoms with E-state index in [2.05, 4.69) is 10.6 Å². The minimum absolute atomic E-state index is 0. The van der Waals surface area contributed by atoms with E-state index in [4.69, 9.17) is 0 Å². The molecule has 6 nitrogen and oxygen atoms in total. The van der Waals surface area contributed by atoms with Gasteiger partial charge in [-0.25, -0.2) is 0 Å². The van der Waals surface area contributed by atoms with Crippen LogP contribution in [0.25, 0.3) is 0 Å². The van der Waals surface area contributed by atoms with Crippen molar-refractivity contribution in [1.82, 2.24) is 15.5 Å². The molecule has 1 heterocycles. The van der Waals surface area contributed by atoms with Gasteiger partial charge in [0.2, 0.25) is 0 Å². The van der Waals surface area contributed by atoms with Crippen molar-refractivity contribution in [3.8, 4) is 0 Å². The fraction of sp³-hybridized carbons (Fsp3) is 0.579. The number of rotatable bonds is 8. The van der Waals surface area contributed by atoms with Gasteiger partial charge in [-0.2, -0.15) is 0 Å². The standard InChI is InChI=1S/C19H29N3O3.ClH/c1-3-8-22(9-4-2)19(25)15-7-5-6-14(10-15)18(24)21-12-16-11-20-13-17(16)23;/h5-7,10,16-17,20,23H,3-4,8-9,11-13H2,1-2H3,(H,21,24);1H. The molecule has 1 saturated heterocycles. The van der Waals surface area contributed by atoms with Crippen LogP contribution in [0.1, 0.15) is 47.4 Å². The van der Waals surface area contributed by atoms with E-state index in [1.807, 2.05) is 18.7 Å². The topological polar surface area (TPSA) is 81.7 Å². The number of aliphatic hydroxyl groups is 1. The largest absolute Gasteiger partial charge is 0.391 e. The maximum atomic E-state index is 12.7. The van der Waals surface area contributed by atoms with Crippen LogP contribution in [0.15, 0.2) is 24.3 Å². The van der Waals surface area contributed by atoms with Gasteiger partial charge in [-0.05, 0) is 31.0 Å². The third kappa shape index (κ3) is 5.97. The summed E-state index contributed by atoms with van der Waals surface area (Å²) in [4.78, 5) is 26.9. The van der Waals surface area contributed by atoms with Crippen molar-refractivity contribution in [3.05, 3.63) is 35.4 Å². The van der Waals surface area contributed by atoms with Gasteiger partial charge in [-0.1, -0.05) is 19.9 Å². The number of nitrogens with one attached hydrogen (secondary N) is 2. The highest BCUT2D eigenvalue weighted by atomic mass is 35.5. The molecule has 1 aliphatic heterocycles. The molecule has 2 rings (SSSR count). The van der Waals surface area contributed by atoms with E-state index >= 15 is 0 Å². The zero-order chi connectivity index (χ0) is 18.2. The molecule has 2 unspecified atom stereocenters. The first-order chi connectivity index (χ1) is 12.1. The molecule has 0 radical (unpaired) electrons. The fourth-order valence-electron chi connectivity index (χ4n) is 3.08. The van der Waals surface area contributed by atoms with Crippen LogP contribution in [-0.4, -0.2) is 60.6 Å². The molecule has 3 N–H and O–H groups in total. The van der Waals surface area contributed by atoms with E-state index in [-0.39, 0.29) is 30.1 Å². The Labute approximate surface area is 161 Å². The lowest BCUT2D eigenvalue weighted by molar-refractivity contribution is 0.0755. The first-order valence-electron chi connectivity index (χ1n) is 9.13. The summed E-state index contributed by atoms with van der Waals surface area (Å²) in [5.74, 6) is -0.224. The molecule has 0 aromatic heterocycles. The van der Waals surface area contributed by atoms with Crippen molar-refractivity contribution >= 4 is 24.2 Å². The third-order valence-corrected chi connectivity index (χ3v) is 4.47. The normalized spacial score (nSPS) is 18.9. The number of hydrogen-bond acceptors (Lipinski definition) is 4. The number of carbonyl (C=O) groups excluding carboxylic acids is 2. The average Bonchev–Trinajstić information content (AvgIpc) is 3.04. The quantitative estimate of drug-likeness (QED) is 0.638. The number of halogens is 1. The van der Waals surface area contributed by atoms with Gasteiger partial charge < -0.3 is 20.6 Å². The van der Waals surface area contributed by atoms with Crippen LogP contribution in [0.2, 0.25) is 0 Å². The van der Waals surface area contributed by atoms with Crippen LogP contribution in [0.3, 0.4) is 0 Å². The second kappa shape index (κ2) is 11.2. The van der Waals surface area contributed by atoms with Crippen LogP contribution >= 0.6 is 12.4 Å². The number of benzene rings is 1. The van der Waals surface area contributed by atoms with Crippen LogP contribution in [0, 0.1) is 5.92 Å². The lowest BCUT2D eigenvalue weighted by Gasteiger charge is -2.21. The first-order valence-corrected chi connectivity index (χ1v) is 9.13. The van der Waals surface area contributed by atoms with Crippen molar-refractivity contribution < 1.29 is 14.7 Å². The van der Waals surface area contributed by atoms with Crippen molar-refractivity contribution in [2.75, 3.05) is 32.7 Å². The Morgan fingerprint density at radius 2 is 1.85 bits per heavy atom. The van der Waals surface area contributed by atoms with Gasteiger partial charge in [-0.15, -0.1) is 12.4 Å². The first kappa shape index (κ1) is 22.4. The molecule has 146 valence electrons. The second-order valence-electron chi connectivity index (χ2n) is 6.57. The predicted octanol–water partition coefficient (Wildman–Crippen LogP) is 1.68. The summed E-state index contributed by atoms with van der Waals surface area (Å²) >= 11 is 0. The molecule has 0 saturated carbocycles. The van der Waals surface area contributed by atoms with Crippen molar-refractivity contribution in [2.45, 2.75) is 32.8 Å². The number of amides is 2. The highest BCUT2D eigenvalue weighted by Crippen LogP contribution is 2.11. The zero-order valence-corrected chi connectivity index (χ0v) is 16.3. The number of aliphatic hydroxyl groups excluding tert-OH is 1. The van der Waals surface area contributed by atoms with Crippen LogP contribution < -0.4 is 10.6 Å². The Morgan fingerprint density at radius 1 is 1.19 bits per heavy atom. The number of carbonyl (C=O) groups is 2. The molecule has 1 aliphatic rings. The Balaban J connectivity index is 0.00000338. The maximum Gasteiger partial charge on any atom is 0.253 e. The fourth-order valence-corrected chi connectivity index (χ4v) is 3.08. The third-order valence-electron chi connectivity index (χ3n) is 4.47. The van der Waals surface area contributed by atoms with E-state index in [0.29, 0.717) is 30.8 Å². The molecule has 1 fully saturated rings. The predicted molar refractivity (Wildman–Crippen MR) is 105 cm³/mol. The minimum Gasteiger partial charge on any atom is -0.391 e. The van der Waals surface area contributed by atoms with Gasteiger partial charge in [0.05, 0.1) is 6.10 Å². The van der Waals surface area contributed by atoms with Crippen LogP contribution in [-0.2, 0) is 0 Å². The summed E-state index contributed by atoms with van der Waals surface area (Å²) in [7, 11) is 0. The van der Waals surface area contributed by atoms with Gasteiger partial charge >= 0.3 is 0 Å². The monoisotopic (exact) mass is 383 g/mol. The molecular formula is C19H30ClN3O3. The summed E-state index contributed by atoms with van der Waals surface area (Å²) < 4.78 is 0. The summed E-state index contributed by atoms with van der Waals surface area (Å²) in [6.45, 7) is 7.21. The molecule has 1 aromatic carbocycles. The lowest BCUT2D eigenvalue weighted by atomic mass is 10.1. The van der Waals surface area contributed by atoms with Gasteiger partial charge in [0.25, 0.3) is 11.8 Å². The van der Waals surface area contributed by atoms with E-state index in [0.717, 1.165) is 25.9 Å². The summed E-state index contributed by atoms with van der Waals surface area (Å²) in [5.41, 5.74) is 1.01. The van der Waals surface area contributed by atoms with Crippen LogP contribution in [0.4, 0.5) is 0 Å². The Kier molecular flexibility index (Phi) is 9.62. The summed E-state index contributed by atoms with van der Waals surface area (Å²) in [6.07, 6.45) is 1.39. The lowest BCUT2D eigenvalue weighted by Crippen LogP contribution is -2.35. The molecule has 7 heteroatoms. The zero-order valence-electron chi connectivity index (χ0n) is 15.5. The van der Waals surface area contributed by atoms with E-state index < -0.39 is 6.10 Å². The highest BCUT2D eigenvalue weighted by molar-refractivity contribution is 5.99. The Hall–Kier alpha value is -1.63. The number of hydrogen-bond donors (Lipinski definition) is 3. The summed E-state index contributed by atoms with van der Waals surface area (Å²) in [6, 6.07) is 6.85. The van der Waals surface area contributed by atoms with E-state index in [1.54, 1.807) is 24.3 Å². The van der Waals surface area contributed by atoms with Crippen molar-refractivity contribution in [1.29, 1.82) is 0 Å². The molecular weight excluding hydrogens is 354 g/mol. The minimum atomic E-state index is -0.426. The van der Waals surface area contributed by atoms with E-state index in [9.17, 15) is 14.7 Å². The maximum absolute atomic E-state index is 12.7. The SMILES string of the molecule is CCCN(CCC)C(=O)c1cccc(C(=O)NCC2CNCC2O)c1.Cl. The van der Waals surface area contributed by atoms with Gasteiger partial charge in [0.15, 0.2) is 0 Å². The van der Waals surface area contributed by atoms with E-state index in [1.165, 1.54) is 0 Å². The van der Waals surface area contributed by atoms with Gasteiger partial charge in [0.1, 0.15) is 0 Å². The molecule has 26 heavy (non-hydrogen) atoms. The second-order valence-corrected chi connectivity index (χ2v) is 6.57. The van der Waals surface area contributed by atoms with Crippen molar-refractivity contribution in [2.24, 2.45) is 5.92 Å². The molecule has 0 aliphatic carbocycles. The Morgan fingerprint density at radius 3 is 2.42 bits per heavy atom. The molecule has 2 amide bonds. The van der Waals surface area contributed by atoms with Gasteiger partial charge in [0, 0.05) is 49.8 Å². The highest BCUT2D eigenvalue weighted by Gasteiger charge is 2.25. The number of β-amino-alcohol motifs (C(OH)–C–C–N with tert-alkyl or cyclic N) is 1. The summed E-state index contributed by atoms with van der Waals surface area (Å²) in [5, 5.41) is 15.7. The van der Waals surface area contributed by atoms with Crippen LogP contribution in [0.5, 0.6) is 0 Å². The smallest absolute Gasteiger partial charge is 0.253 e. The molecule has 1 aromatic rings. The number of nitrogens with zero attached hydrogens (tertiary/aromatic N) is 1. The van der Waals surface area contributed by atoms with Gasteiger partial charge in [-0.3, -0.25) is 9.59 Å². The molecule has 2 atom stereocenters. The molecule has 0 spiro atoms. The Bertz CT molecular complexity index is 591. The molecule has 0 bridgehead atoms. The average molecular weight is 384 g/mol.